The second kappa shape index (κ2) is 6.89. The van der Waals surface area contributed by atoms with Crippen LogP contribution in [0.15, 0.2) is 60.7 Å². The molecule has 2 rings (SSSR count). The average molecular weight is 307 g/mol. The van der Waals surface area contributed by atoms with Crippen LogP contribution in [0.4, 0.5) is 0 Å². The van der Waals surface area contributed by atoms with E-state index in [1.165, 1.54) is 14.0 Å². The lowest BCUT2D eigenvalue weighted by molar-refractivity contribution is -0.151. The quantitative estimate of drug-likeness (QED) is 0.629. The van der Waals surface area contributed by atoms with Crippen molar-refractivity contribution in [2.24, 2.45) is 0 Å². The summed E-state index contributed by atoms with van der Waals surface area (Å²) in [5.74, 6) is -2.21. The third-order valence-electron chi connectivity index (χ3n) is 3.96. The van der Waals surface area contributed by atoms with Crippen LogP contribution in [0, 0.1) is 11.3 Å². The molecule has 0 amide bonds. The first-order chi connectivity index (χ1) is 11.1. The third kappa shape index (κ3) is 3.00. The van der Waals surface area contributed by atoms with Crippen molar-refractivity contribution >= 4 is 11.8 Å². The molecule has 0 saturated carbocycles. The summed E-state index contributed by atoms with van der Waals surface area (Å²) in [6.45, 7) is 1.50. The molecule has 2 aromatic rings. The molecule has 23 heavy (non-hydrogen) atoms. The highest BCUT2D eigenvalue weighted by Crippen LogP contribution is 2.33. The molecule has 0 bridgehead atoms. The Morgan fingerprint density at radius 3 is 2.04 bits per heavy atom. The Morgan fingerprint density at radius 2 is 1.57 bits per heavy atom. The van der Waals surface area contributed by atoms with Crippen LogP contribution in [0.2, 0.25) is 0 Å². The van der Waals surface area contributed by atoms with E-state index < -0.39 is 23.1 Å². The van der Waals surface area contributed by atoms with Gasteiger partial charge < -0.3 is 4.74 Å². The Morgan fingerprint density at radius 1 is 1.04 bits per heavy atom. The number of hydrogen-bond acceptors (Lipinski definition) is 4. The highest BCUT2D eigenvalue weighted by molar-refractivity contribution is 6.12. The molecule has 0 aromatic heterocycles. The Hall–Kier alpha value is -2.93. The number of nitrogens with zero attached hydrogens (tertiary/aromatic N) is 1. The van der Waals surface area contributed by atoms with Gasteiger partial charge in [-0.25, -0.2) is 0 Å². The molecular formula is C19H17NO3. The Labute approximate surface area is 135 Å². The van der Waals surface area contributed by atoms with Crippen molar-refractivity contribution in [1.29, 1.82) is 5.26 Å². The molecule has 0 aliphatic heterocycles. The molecule has 0 spiro atoms. The first kappa shape index (κ1) is 16.4. The number of ketones is 1. The zero-order chi connectivity index (χ0) is 16.9. The number of methoxy groups -OCH3 is 1. The molecule has 0 saturated heterocycles. The van der Waals surface area contributed by atoms with Crippen LogP contribution >= 0.6 is 0 Å². The van der Waals surface area contributed by atoms with Crippen molar-refractivity contribution in [2.75, 3.05) is 7.11 Å². The normalized spacial score (nSPS) is 14.1. The van der Waals surface area contributed by atoms with Gasteiger partial charge in [-0.3, -0.25) is 9.59 Å². The van der Waals surface area contributed by atoms with Gasteiger partial charge in [0.2, 0.25) is 0 Å². The summed E-state index contributed by atoms with van der Waals surface area (Å²) >= 11 is 0. The number of ether oxygens (including phenoxy) is 1. The maximum absolute atomic E-state index is 13.1. The van der Waals surface area contributed by atoms with Crippen molar-refractivity contribution in [1.82, 2.24) is 0 Å². The summed E-state index contributed by atoms with van der Waals surface area (Å²) in [6, 6.07) is 19.4. The van der Waals surface area contributed by atoms with Gasteiger partial charge in [-0.2, -0.15) is 5.26 Å². The third-order valence-corrected chi connectivity index (χ3v) is 3.96. The summed E-state index contributed by atoms with van der Waals surface area (Å²) in [6.07, 6.45) is 0. The number of hydrogen-bond donors (Lipinski definition) is 0. The molecule has 2 atom stereocenters. The summed E-state index contributed by atoms with van der Waals surface area (Å²) in [5, 5.41) is 9.49. The predicted molar refractivity (Wildman–Crippen MR) is 85.6 cm³/mol. The summed E-state index contributed by atoms with van der Waals surface area (Å²) in [5.41, 5.74) is -0.467. The Kier molecular flexibility index (Phi) is 4.92. The van der Waals surface area contributed by atoms with E-state index in [0.29, 0.717) is 11.1 Å². The van der Waals surface area contributed by atoms with Crippen LogP contribution < -0.4 is 0 Å². The van der Waals surface area contributed by atoms with Gasteiger partial charge in [0.25, 0.3) is 0 Å². The number of carbonyl (C=O) groups excluding carboxylic acids is 2. The monoisotopic (exact) mass is 307 g/mol. The van der Waals surface area contributed by atoms with Gasteiger partial charge in [0, 0.05) is 0 Å². The van der Waals surface area contributed by atoms with Crippen LogP contribution in [-0.4, -0.2) is 18.9 Å². The average Bonchev–Trinajstić information content (AvgIpc) is 2.62. The first-order valence-electron chi connectivity index (χ1n) is 7.18. The van der Waals surface area contributed by atoms with Crippen LogP contribution in [0.5, 0.6) is 0 Å². The van der Waals surface area contributed by atoms with Crippen molar-refractivity contribution in [2.45, 2.75) is 18.3 Å². The van der Waals surface area contributed by atoms with Gasteiger partial charge in [-0.05, 0) is 18.1 Å². The van der Waals surface area contributed by atoms with E-state index in [4.69, 9.17) is 4.74 Å². The van der Waals surface area contributed by atoms with E-state index in [1.54, 1.807) is 60.7 Å². The van der Waals surface area contributed by atoms with E-state index in [9.17, 15) is 14.9 Å². The van der Waals surface area contributed by atoms with Gasteiger partial charge in [-0.15, -0.1) is 0 Å². The van der Waals surface area contributed by atoms with Gasteiger partial charge in [0.15, 0.2) is 5.78 Å². The topological polar surface area (TPSA) is 67.2 Å². The molecule has 2 aromatic carbocycles. The fraction of sp³-hybridized carbons (Fsp3) is 0.211. The molecule has 4 nitrogen and oxygen atoms in total. The smallest absolute Gasteiger partial charge is 0.323 e. The number of esters is 1. The summed E-state index contributed by atoms with van der Waals surface area (Å²) < 4.78 is 4.85. The number of rotatable bonds is 5. The molecule has 0 aliphatic carbocycles. The van der Waals surface area contributed by atoms with Gasteiger partial charge in [0.05, 0.1) is 13.2 Å². The van der Waals surface area contributed by atoms with E-state index in [-0.39, 0.29) is 0 Å². The molecule has 0 radical (unpaired) electrons. The second-order valence-electron chi connectivity index (χ2n) is 5.32. The minimum Gasteiger partial charge on any atom is -0.468 e. The molecule has 0 heterocycles. The predicted octanol–water partition coefficient (Wildman–Crippen LogP) is 2.99. The molecule has 0 N–H and O–H groups in total. The van der Waals surface area contributed by atoms with Crippen LogP contribution in [0.1, 0.15) is 24.0 Å². The Balaban J connectivity index is 2.54. The fourth-order valence-corrected chi connectivity index (χ4v) is 2.56. The van der Waals surface area contributed by atoms with Crippen LogP contribution in [0.3, 0.4) is 0 Å². The molecule has 0 aliphatic rings. The largest absolute Gasteiger partial charge is 0.468 e. The summed E-state index contributed by atoms with van der Waals surface area (Å²) in [4.78, 5) is 25.4. The fourth-order valence-electron chi connectivity index (χ4n) is 2.56. The molecule has 0 fully saturated rings. The van der Waals surface area contributed by atoms with E-state index in [2.05, 4.69) is 0 Å². The number of Topliss-reactive ketones (excluding diaryl/α,β-unsaturated/α-hetero) is 1. The van der Waals surface area contributed by atoms with Gasteiger partial charge >= 0.3 is 5.97 Å². The van der Waals surface area contributed by atoms with E-state index in [0.717, 1.165) is 0 Å². The van der Waals surface area contributed by atoms with Crippen molar-refractivity contribution in [3.63, 3.8) is 0 Å². The second-order valence-corrected chi connectivity index (χ2v) is 5.32. The minimum absolute atomic E-state index is 0.496. The van der Waals surface area contributed by atoms with Crippen LogP contribution in [-0.2, 0) is 19.7 Å². The Bertz CT molecular complexity index is 734. The maximum atomic E-state index is 13.1. The highest BCUT2D eigenvalue weighted by Gasteiger charge is 2.47. The molecule has 4 heteroatoms. The van der Waals surface area contributed by atoms with E-state index in [1.807, 2.05) is 6.07 Å². The number of nitriles is 1. The molecular weight excluding hydrogens is 290 g/mol. The summed E-state index contributed by atoms with van der Waals surface area (Å²) in [7, 11) is 1.24. The first-order valence-corrected chi connectivity index (χ1v) is 7.18. The minimum atomic E-state index is -1.54. The lowest BCUT2D eigenvalue weighted by Crippen LogP contribution is -2.44. The highest BCUT2D eigenvalue weighted by atomic mass is 16.5. The lowest BCUT2D eigenvalue weighted by Gasteiger charge is -2.27. The van der Waals surface area contributed by atoms with Crippen molar-refractivity contribution < 1.29 is 14.3 Å². The van der Waals surface area contributed by atoms with Crippen LogP contribution in [0.25, 0.3) is 0 Å². The SMILES string of the molecule is COC(=O)[C@@](C)(C(=O)[C@H](C#N)c1ccccc1)c1ccccc1. The standard InChI is InChI=1S/C19H17NO3/c1-19(18(22)23-2,15-11-7-4-8-12-15)17(21)16(13-20)14-9-5-3-6-10-14/h3-12,16H,1-2H3/t16-,19-/m1/s1. The van der Waals surface area contributed by atoms with Gasteiger partial charge in [0.1, 0.15) is 11.3 Å². The van der Waals surface area contributed by atoms with E-state index >= 15 is 0 Å². The van der Waals surface area contributed by atoms with Gasteiger partial charge in [-0.1, -0.05) is 60.7 Å². The number of carbonyl (C=O) groups is 2. The molecule has 116 valence electrons. The number of benzene rings is 2. The van der Waals surface area contributed by atoms with Crippen molar-refractivity contribution in [3.8, 4) is 6.07 Å². The zero-order valence-corrected chi connectivity index (χ0v) is 13.0. The zero-order valence-electron chi connectivity index (χ0n) is 13.0. The molecule has 0 unspecified atom stereocenters. The van der Waals surface area contributed by atoms with Crippen molar-refractivity contribution in [3.05, 3.63) is 71.8 Å². The lowest BCUT2D eigenvalue weighted by atomic mass is 9.73. The maximum Gasteiger partial charge on any atom is 0.323 e.